The van der Waals surface area contributed by atoms with Gasteiger partial charge in [-0.25, -0.2) is 0 Å². The van der Waals surface area contributed by atoms with Crippen molar-refractivity contribution < 1.29 is 29.7 Å². The minimum absolute atomic E-state index is 0.171. The van der Waals surface area contributed by atoms with Crippen LogP contribution in [0.3, 0.4) is 0 Å². The second-order valence-corrected chi connectivity index (χ2v) is 7.80. The van der Waals surface area contributed by atoms with Gasteiger partial charge in [-0.15, -0.1) is 0 Å². The fourth-order valence-corrected chi connectivity index (χ4v) is 2.93. The average Bonchev–Trinajstić information content (AvgIpc) is 2.57. The number of aliphatic carboxylic acids is 3. The van der Waals surface area contributed by atoms with E-state index in [1.54, 1.807) is 0 Å². The maximum absolute atomic E-state index is 11.9. The molecule has 0 radical (unpaired) electrons. The Labute approximate surface area is 173 Å². The van der Waals surface area contributed by atoms with Crippen LogP contribution in [-0.4, -0.2) is 120 Å². The predicted molar refractivity (Wildman–Crippen MR) is 110 cm³/mol. The van der Waals surface area contributed by atoms with E-state index in [0.29, 0.717) is 25.6 Å². The summed E-state index contributed by atoms with van der Waals surface area (Å²) in [6.07, 6.45) is 2.11. The number of hydrogen-bond acceptors (Lipinski definition) is 7. The standard InChI is InChI=1S/C19H38N4O6/c1-15(2)20-8-6-5-7-16(19(28)29)23(11-9-21(3)4)12-10-22(13-17(24)25)14-18(26)27/h15-16,20H,5-14H2,1-4H3,(H,24,25)(H,26,27)(H,28,29). The smallest absolute Gasteiger partial charge is 0.320 e. The molecule has 0 saturated heterocycles. The molecule has 0 aliphatic rings. The minimum Gasteiger partial charge on any atom is -0.480 e. The summed E-state index contributed by atoms with van der Waals surface area (Å²) < 4.78 is 0. The molecule has 0 aromatic heterocycles. The van der Waals surface area contributed by atoms with Crippen molar-refractivity contribution in [3.63, 3.8) is 0 Å². The normalized spacial score (nSPS) is 12.8. The molecule has 4 N–H and O–H groups in total. The van der Waals surface area contributed by atoms with Crippen molar-refractivity contribution in [2.45, 2.75) is 45.2 Å². The van der Waals surface area contributed by atoms with E-state index in [4.69, 9.17) is 10.2 Å². The van der Waals surface area contributed by atoms with Gasteiger partial charge in [0.05, 0.1) is 13.1 Å². The molecule has 0 bridgehead atoms. The second kappa shape index (κ2) is 15.1. The summed E-state index contributed by atoms with van der Waals surface area (Å²) in [4.78, 5) is 38.9. The number of likely N-dealkylation sites (N-methyl/N-ethyl adjacent to an activating group) is 1. The zero-order chi connectivity index (χ0) is 22.4. The van der Waals surface area contributed by atoms with E-state index in [1.807, 2.05) is 23.9 Å². The number of carbonyl (C=O) groups is 3. The first-order valence-electron chi connectivity index (χ1n) is 10.0. The Bertz CT molecular complexity index is 485. The molecule has 0 aromatic carbocycles. The average molecular weight is 419 g/mol. The number of hydrogen-bond donors (Lipinski definition) is 4. The summed E-state index contributed by atoms with van der Waals surface area (Å²) in [5, 5.41) is 31.0. The third-order valence-corrected chi connectivity index (χ3v) is 4.44. The molecule has 10 heteroatoms. The quantitative estimate of drug-likeness (QED) is 0.224. The Hall–Kier alpha value is -1.75. The second-order valence-electron chi connectivity index (χ2n) is 7.80. The van der Waals surface area contributed by atoms with Gasteiger partial charge in [0.25, 0.3) is 0 Å². The number of carboxylic acid groups (broad SMARTS) is 3. The molecule has 29 heavy (non-hydrogen) atoms. The molecule has 0 saturated carbocycles. The summed E-state index contributed by atoms with van der Waals surface area (Å²) in [7, 11) is 3.79. The van der Waals surface area contributed by atoms with Crippen LogP contribution in [0, 0.1) is 0 Å². The Morgan fingerprint density at radius 3 is 1.86 bits per heavy atom. The molecule has 1 atom stereocenters. The summed E-state index contributed by atoms with van der Waals surface area (Å²) in [6.45, 7) is 5.76. The molecule has 0 aliphatic heterocycles. The zero-order valence-electron chi connectivity index (χ0n) is 18.1. The van der Waals surface area contributed by atoms with Crippen molar-refractivity contribution in [3.05, 3.63) is 0 Å². The summed E-state index contributed by atoms with van der Waals surface area (Å²) in [5.74, 6) is -3.14. The van der Waals surface area contributed by atoms with Crippen LogP contribution in [0.4, 0.5) is 0 Å². The van der Waals surface area contributed by atoms with Crippen LogP contribution in [-0.2, 0) is 14.4 Å². The van der Waals surface area contributed by atoms with Gasteiger partial charge in [0.1, 0.15) is 6.04 Å². The first-order chi connectivity index (χ1) is 13.5. The number of nitrogens with one attached hydrogen (secondary N) is 1. The Kier molecular flexibility index (Phi) is 14.2. The monoisotopic (exact) mass is 418 g/mol. The Balaban J connectivity index is 4.97. The van der Waals surface area contributed by atoms with Gasteiger partial charge >= 0.3 is 17.9 Å². The fourth-order valence-electron chi connectivity index (χ4n) is 2.93. The van der Waals surface area contributed by atoms with Crippen LogP contribution in [0.1, 0.15) is 33.1 Å². The fraction of sp³-hybridized carbons (Fsp3) is 0.842. The lowest BCUT2D eigenvalue weighted by Crippen LogP contribution is -2.48. The van der Waals surface area contributed by atoms with Gasteiger partial charge in [0.15, 0.2) is 0 Å². The molecule has 170 valence electrons. The number of carboxylic acids is 3. The minimum atomic E-state index is -1.11. The Morgan fingerprint density at radius 1 is 0.862 bits per heavy atom. The van der Waals surface area contributed by atoms with Gasteiger partial charge in [-0.1, -0.05) is 20.3 Å². The van der Waals surface area contributed by atoms with Crippen molar-refractivity contribution in [3.8, 4) is 0 Å². The molecule has 0 rings (SSSR count). The lowest BCUT2D eigenvalue weighted by molar-refractivity contribution is -0.145. The van der Waals surface area contributed by atoms with Crippen LogP contribution < -0.4 is 5.32 Å². The maximum atomic E-state index is 11.9. The van der Waals surface area contributed by atoms with Gasteiger partial charge in [0.2, 0.25) is 0 Å². The maximum Gasteiger partial charge on any atom is 0.320 e. The van der Waals surface area contributed by atoms with Crippen LogP contribution in [0.2, 0.25) is 0 Å². The molecular formula is C19H38N4O6. The molecule has 0 spiro atoms. The van der Waals surface area contributed by atoms with Crippen LogP contribution in [0.15, 0.2) is 0 Å². The molecule has 0 heterocycles. The lowest BCUT2D eigenvalue weighted by atomic mass is 10.1. The molecule has 0 aromatic rings. The SMILES string of the molecule is CC(C)NCCCCC(C(=O)O)N(CCN(C)C)CCN(CC(=O)O)CC(=O)O. The molecule has 0 amide bonds. The van der Waals surface area contributed by atoms with Crippen LogP contribution in [0.5, 0.6) is 0 Å². The zero-order valence-corrected chi connectivity index (χ0v) is 18.1. The van der Waals surface area contributed by atoms with E-state index < -0.39 is 37.0 Å². The van der Waals surface area contributed by atoms with Crippen LogP contribution >= 0.6 is 0 Å². The van der Waals surface area contributed by atoms with E-state index in [-0.39, 0.29) is 13.1 Å². The predicted octanol–water partition coefficient (Wildman–Crippen LogP) is -0.0573. The third-order valence-electron chi connectivity index (χ3n) is 4.44. The molecule has 0 fully saturated rings. The van der Waals surface area contributed by atoms with E-state index in [9.17, 15) is 19.5 Å². The highest BCUT2D eigenvalue weighted by molar-refractivity contribution is 5.73. The van der Waals surface area contributed by atoms with E-state index in [0.717, 1.165) is 19.4 Å². The Morgan fingerprint density at radius 2 is 1.41 bits per heavy atom. The van der Waals surface area contributed by atoms with Crippen molar-refractivity contribution in [2.24, 2.45) is 0 Å². The molecular weight excluding hydrogens is 380 g/mol. The lowest BCUT2D eigenvalue weighted by Gasteiger charge is -2.32. The molecule has 0 aliphatic carbocycles. The molecule has 10 nitrogen and oxygen atoms in total. The van der Waals surface area contributed by atoms with Gasteiger partial charge < -0.3 is 25.5 Å². The first-order valence-corrected chi connectivity index (χ1v) is 10.0. The van der Waals surface area contributed by atoms with Crippen molar-refractivity contribution >= 4 is 17.9 Å². The number of nitrogens with zero attached hydrogens (tertiary/aromatic N) is 3. The van der Waals surface area contributed by atoms with Crippen molar-refractivity contribution in [1.29, 1.82) is 0 Å². The van der Waals surface area contributed by atoms with Gasteiger partial charge in [-0.2, -0.15) is 0 Å². The van der Waals surface area contributed by atoms with Gasteiger partial charge in [-0.05, 0) is 33.5 Å². The summed E-state index contributed by atoms with van der Waals surface area (Å²) in [5.41, 5.74) is 0. The summed E-state index contributed by atoms with van der Waals surface area (Å²) in [6, 6.07) is -0.304. The highest BCUT2D eigenvalue weighted by Gasteiger charge is 2.26. The highest BCUT2D eigenvalue weighted by atomic mass is 16.4. The third kappa shape index (κ3) is 14.8. The van der Waals surface area contributed by atoms with E-state index >= 15 is 0 Å². The topological polar surface area (TPSA) is 134 Å². The summed E-state index contributed by atoms with van der Waals surface area (Å²) >= 11 is 0. The number of unbranched alkanes of at least 4 members (excludes halogenated alkanes) is 1. The largest absolute Gasteiger partial charge is 0.480 e. The molecule has 1 unspecified atom stereocenters. The first kappa shape index (κ1) is 27.2. The number of rotatable bonds is 18. The van der Waals surface area contributed by atoms with Crippen molar-refractivity contribution in [1.82, 2.24) is 20.0 Å². The van der Waals surface area contributed by atoms with Crippen LogP contribution in [0.25, 0.3) is 0 Å². The van der Waals surface area contributed by atoms with Crippen molar-refractivity contribution in [2.75, 3.05) is 59.9 Å². The highest BCUT2D eigenvalue weighted by Crippen LogP contribution is 2.10. The van der Waals surface area contributed by atoms with Gasteiger partial charge in [-0.3, -0.25) is 24.2 Å². The van der Waals surface area contributed by atoms with E-state index in [2.05, 4.69) is 19.2 Å². The van der Waals surface area contributed by atoms with E-state index in [1.165, 1.54) is 4.90 Å². The van der Waals surface area contributed by atoms with Gasteiger partial charge in [0, 0.05) is 32.2 Å².